The van der Waals surface area contributed by atoms with Gasteiger partial charge < -0.3 is 0 Å². The SMILES string of the molecule is CCC1CCC(Cl)C(CCc2cnn(C)c2)C1. The van der Waals surface area contributed by atoms with E-state index in [1.54, 1.807) is 0 Å². The van der Waals surface area contributed by atoms with Crippen LogP contribution in [0.3, 0.4) is 0 Å². The Balaban J connectivity index is 1.84. The van der Waals surface area contributed by atoms with Gasteiger partial charge in [0.05, 0.1) is 6.20 Å². The van der Waals surface area contributed by atoms with Crippen molar-refractivity contribution in [2.75, 3.05) is 0 Å². The minimum atomic E-state index is 0.398. The molecule has 0 spiro atoms. The number of halogens is 1. The smallest absolute Gasteiger partial charge is 0.0521 e. The fourth-order valence-corrected chi connectivity index (χ4v) is 3.30. The molecule has 1 saturated carbocycles. The largest absolute Gasteiger partial charge is 0.276 e. The maximum atomic E-state index is 6.46. The number of aryl methyl sites for hydroxylation is 2. The van der Waals surface area contributed by atoms with Crippen LogP contribution in [0.15, 0.2) is 12.4 Å². The van der Waals surface area contributed by atoms with Crippen LogP contribution < -0.4 is 0 Å². The Bertz CT molecular complexity index is 348. The van der Waals surface area contributed by atoms with Crippen molar-refractivity contribution in [2.45, 2.75) is 50.8 Å². The van der Waals surface area contributed by atoms with E-state index < -0.39 is 0 Å². The lowest BCUT2D eigenvalue weighted by Crippen LogP contribution is -2.25. The van der Waals surface area contributed by atoms with Crippen molar-refractivity contribution in [2.24, 2.45) is 18.9 Å². The molecule has 0 aliphatic heterocycles. The van der Waals surface area contributed by atoms with Crippen LogP contribution in [0.1, 0.15) is 44.6 Å². The van der Waals surface area contributed by atoms with E-state index in [1.165, 1.54) is 37.7 Å². The van der Waals surface area contributed by atoms with Gasteiger partial charge in [0.2, 0.25) is 0 Å². The molecule has 3 atom stereocenters. The molecule has 1 aliphatic rings. The molecule has 2 nitrogen and oxygen atoms in total. The highest BCUT2D eigenvalue weighted by atomic mass is 35.5. The molecule has 2 rings (SSSR count). The van der Waals surface area contributed by atoms with Gasteiger partial charge in [-0.05, 0) is 49.5 Å². The molecule has 3 heteroatoms. The second-order valence-electron chi connectivity index (χ2n) is 5.42. The molecule has 0 amide bonds. The van der Waals surface area contributed by atoms with Crippen LogP contribution in [-0.4, -0.2) is 15.2 Å². The zero-order chi connectivity index (χ0) is 12.3. The molecule has 1 heterocycles. The molecule has 1 aromatic rings. The van der Waals surface area contributed by atoms with Crippen molar-refractivity contribution in [1.82, 2.24) is 9.78 Å². The van der Waals surface area contributed by atoms with E-state index in [4.69, 9.17) is 11.6 Å². The second kappa shape index (κ2) is 5.90. The molecule has 0 radical (unpaired) electrons. The Kier molecular flexibility index (Phi) is 4.49. The normalized spacial score (nSPS) is 29.5. The highest BCUT2D eigenvalue weighted by Crippen LogP contribution is 2.36. The first kappa shape index (κ1) is 12.9. The van der Waals surface area contributed by atoms with Crippen LogP contribution in [0.4, 0.5) is 0 Å². The lowest BCUT2D eigenvalue weighted by atomic mass is 9.77. The summed E-state index contributed by atoms with van der Waals surface area (Å²) in [4.78, 5) is 0. The summed E-state index contributed by atoms with van der Waals surface area (Å²) in [5, 5.41) is 4.61. The van der Waals surface area contributed by atoms with E-state index >= 15 is 0 Å². The Morgan fingerprint density at radius 2 is 2.29 bits per heavy atom. The number of hydrogen-bond donors (Lipinski definition) is 0. The van der Waals surface area contributed by atoms with Crippen molar-refractivity contribution in [3.63, 3.8) is 0 Å². The van der Waals surface area contributed by atoms with Gasteiger partial charge in [0.25, 0.3) is 0 Å². The first-order valence-electron chi connectivity index (χ1n) is 6.80. The summed E-state index contributed by atoms with van der Waals surface area (Å²) in [5.74, 6) is 1.61. The van der Waals surface area contributed by atoms with Crippen LogP contribution in [0, 0.1) is 11.8 Å². The number of hydrogen-bond acceptors (Lipinski definition) is 1. The number of alkyl halides is 1. The number of rotatable bonds is 4. The lowest BCUT2D eigenvalue weighted by molar-refractivity contribution is 0.255. The third-order valence-corrected chi connectivity index (χ3v) is 4.71. The first-order valence-corrected chi connectivity index (χ1v) is 7.24. The Morgan fingerprint density at radius 1 is 1.47 bits per heavy atom. The van der Waals surface area contributed by atoms with E-state index in [1.807, 2.05) is 17.9 Å². The molecule has 0 saturated heterocycles. The van der Waals surface area contributed by atoms with E-state index in [0.29, 0.717) is 11.3 Å². The van der Waals surface area contributed by atoms with Crippen molar-refractivity contribution in [1.29, 1.82) is 0 Å². The van der Waals surface area contributed by atoms with Gasteiger partial charge in [0, 0.05) is 18.6 Å². The van der Waals surface area contributed by atoms with E-state index in [9.17, 15) is 0 Å². The minimum absolute atomic E-state index is 0.398. The average Bonchev–Trinajstić information content (AvgIpc) is 2.74. The lowest BCUT2D eigenvalue weighted by Gasteiger charge is -2.32. The predicted molar refractivity (Wildman–Crippen MR) is 72.3 cm³/mol. The molecule has 17 heavy (non-hydrogen) atoms. The predicted octanol–water partition coefficient (Wildman–Crippen LogP) is 3.79. The second-order valence-corrected chi connectivity index (χ2v) is 5.98. The Morgan fingerprint density at radius 3 is 2.94 bits per heavy atom. The standard InChI is InChI=1S/C14H23ClN2/c1-3-11-5-7-14(15)13(8-11)6-4-12-9-16-17(2)10-12/h9-11,13-14H,3-8H2,1-2H3. The highest BCUT2D eigenvalue weighted by Gasteiger charge is 2.27. The molecular formula is C14H23ClN2. The fraction of sp³-hybridized carbons (Fsp3) is 0.786. The van der Waals surface area contributed by atoms with Gasteiger partial charge in [-0.2, -0.15) is 5.10 Å². The van der Waals surface area contributed by atoms with Crippen LogP contribution >= 0.6 is 11.6 Å². The maximum absolute atomic E-state index is 6.46. The molecule has 3 unspecified atom stereocenters. The zero-order valence-electron chi connectivity index (χ0n) is 10.9. The van der Waals surface area contributed by atoms with Crippen LogP contribution in [0.2, 0.25) is 0 Å². The molecule has 0 N–H and O–H groups in total. The molecule has 1 aliphatic carbocycles. The third-order valence-electron chi connectivity index (χ3n) is 4.14. The van der Waals surface area contributed by atoms with Crippen molar-refractivity contribution < 1.29 is 0 Å². The Hall–Kier alpha value is -0.500. The van der Waals surface area contributed by atoms with Crippen LogP contribution in [0.5, 0.6) is 0 Å². The zero-order valence-corrected chi connectivity index (χ0v) is 11.7. The van der Waals surface area contributed by atoms with Crippen molar-refractivity contribution in [3.8, 4) is 0 Å². The van der Waals surface area contributed by atoms with Gasteiger partial charge in [-0.15, -0.1) is 11.6 Å². The summed E-state index contributed by atoms with van der Waals surface area (Å²) in [6.45, 7) is 2.30. The van der Waals surface area contributed by atoms with Gasteiger partial charge in [0.15, 0.2) is 0 Å². The highest BCUT2D eigenvalue weighted by molar-refractivity contribution is 6.20. The van der Waals surface area contributed by atoms with Crippen molar-refractivity contribution >= 4 is 11.6 Å². The maximum Gasteiger partial charge on any atom is 0.0521 e. The number of aromatic nitrogens is 2. The van der Waals surface area contributed by atoms with Gasteiger partial charge in [-0.1, -0.05) is 13.3 Å². The van der Waals surface area contributed by atoms with Gasteiger partial charge in [-0.3, -0.25) is 4.68 Å². The van der Waals surface area contributed by atoms with Crippen molar-refractivity contribution in [3.05, 3.63) is 18.0 Å². The summed E-state index contributed by atoms with van der Waals surface area (Å²) in [6, 6.07) is 0. The monoisotopic (exact) mass is 254 g/mol. The number of nitrogens with zero attached hydrogens (tertiary/aromatic N) is 2. The molecule has 96 valence electrons. The molecule has 1 aromatic heterocycles. The Labute approximate surface area is 109 Å². The molecule has 0 bridgehead atoms. The quantitative estimate of drug-likeness (QED) is 0.748. The summed E-state index contributed by atoms with van der Waals surface area (Å²) >= 11 is 6.46. The fourth-order valence-electron chi connectivity index (χ4n) is 2.95. The first-order chi connectivity index (χ1) is 8.19. The van der Waals surface area contributed by atoms with Crippen LogP contribution in [0.25, 0.3) is 0 Å². The van der Waals surface area contributed by atoms with E-state index in [0.717, 1.165) is 12.3 Å². The van der Waals surface area contributed by atoms with E-state index in [2.05, 4.69) is 18.2 Å². The molecular weight excluding hydrogens is 232 g/mol. The summed E-state index contributed by atoms with van der Waals surface area (Å²) in [6.07, 6.45) is 11.6. The molecule has 0 aromatic carbocycles. The van der Waals surface area contributed by atoms with Crippen LogP contribution in [-0.2, 0) is 13.5 Å². The summed E-state index contributed by atoms with van der Waals surface area (Å²) in [5.41, 5.74) is 1.34. The average molecular weight is 255 g/mol. The topological polar surface area (TPSA) is 17.8 Å². The summed E-state index contributed by atoms with van der Waals surface area (Å²) in [7, 11) is 1.97. The van der Waals surface area contributed by atoms with Gasteiger partial charge in [-0.25, -0.2) is 0 Å². The van der Waals surface area contributed by atoms with Gasteiger partial charge in [0.1, 0.15) is 0 Å². The van der Waals surface area contributed by atoms with Gasteiger partial charge >= 0.3 is 0 Å². The third kappa shape index (κ3) is 3.48. The summed E-state index contributed by atoms with van der Waals surface area (Å²) < 4.78 is 1.88. The molecule has 1 fully saturated rings. The minimum Gasteiger partial charge on any atom is -0.276 e. The van der Waals surface area contributed by atoms with E-state index in [-0.39, 0.29) is 0 Å².